The summed E-state index contributed by atoms with van der Waals surface area (Å²) in [5.41, 5.74) is 1.97. The van der Waals surface area contributed by atoms with Crippen molar-refractivity contribution >= 4 is 21.6 Å². The first-order chi connectivity index (χ1) is 15.9. The van der Waals surface area contributed by atoms with Crippen LogP contribution in [0.15, 0.2) is 41.3 Å². The highest BCUT2D eigenvalue weighted by Gasteiger charge is 2.37. The van der Waals surface area contributed by atoms with Gasteiger partial charge in [-0.1, -0.05) is 0 Å². The minimum absolute atomic E-state index is 0.0291. The van der Waals surface area contributed by atoms with Gasteiger partial charge in [-0.25, -0.2) is 8.42 Å². The van der Waals surface area contributed by atoms with Gasteiger partial charge in [0.05, 0.1) is 27.2 Å². The second kappa shape index (κ2) is 9.61. The Balaban J connectivity index is 1.58. The van der Waals surface area contributed by atoms with Gasteiger partial charge in [0.25, 0.3) is 0 Å². The molecule has 0 radical (unpaired) electrons. The summed E-state index contributed by atoms with van der Waals surface area (Å²) in [6.45, 7) is 1.13. The molecule has 9 heteroatoms. The number of hydrogen-bond donors (Lipinski definition) is 0. The van der Waals surface area contributed by atoms with Crippen molar-refractivity contribution in [2.75, 3.05) is 45.9 Å². The fourth-order valence-corrected chi connectivity index (χ4v) is 6.33. The summed E-state index contributed by atoms with van der Waals surface area (Å²) in [6, 6.07) is 10.5. The van der Waals surface area contributed by atoms with Crippen LogP contribution in [0.3, 0.4) is 0 Å². The lowest BCUT2D eigenvalue weighted by Crippen LogP contribution is -2.48. The first-order valence-electron chi connectivity index (χ1n) is 11.1. The van der Waals surface area contributed by atoms with Crippen molar-refractivity contribution in [1.29, 1.82) is 0 Å². The number of anilines is 1. The largest absolute Gasteiger partial charge is 0.497 e. The van der Waals surface area contributed by atoms with Crippen molar-refractivity contribution in [3.05, 3.63) is 42.0 Å². The molecule has 0 aliphatic carbocycles. The van der Waals surface area contributed by atoms with E-state index in [1.54, 1.807) is 19.2 Å². The first-order valence-corrected chi connectivity index (χ1v) is 12.5. The highest BCUT2D eigenvalue weighted by Crippen LogP contribution is 2.35. The zero-order valence-electron chi connectivity index (χ0n) is 19.2. The minimum atomic E-state index is -3.86. The summed E-state index contributed by atoms with van der Waals surface area (Å²) < 4.78 is 44.2. The van der Waals surface area contributed by atoms with Crippen molar-refractivity contribution in [2.45, 2.75) is 30.6 Å². The van der Waals surface area contributed by atoms with Gasteiger partial charge in [0, 0.05) is 31.4 Å². The van der Waals surface area contributed by atoms with E-state index in [0.717, 1.165) is 29.8 Å². The van der Waals surface area contributed by atoms with Crippen LogP contribution in [0.5, 0.6) is 17.2 Å². The number of ether oxygens (including phenoxy) is 3. The molecule has 0 aromatic heterocycles. The molecule has 2 aliphatic rings. The molecule has 2 aliphatic heterocycles. The molecule has 4 rings (SSSR count). The maximum Gasteiger partial charge on any atom is 0.246 e. The zero-order valence-corrected chi connectivity index (χ0v) is 20.1. The van der Waals surface area contributed by atoms with Gasteiger partial charge in [-0.2, -0.15) is 4.31 Å². The average Bonchev–Trinajstić information content (AvgIpc) is 2.87. The third kappa shape index (κ3) is 4.52. The lowest BCUT2D eigenvalue weighted by atomic mass is 9.95. The zero-order chi connectivity index (χ0) is 23.6. The van der Waals surface area contributed by atoms with E-state index in [-0.39, 0.29) is 23.1 Å². The molecule has 0 spiro atoms. The second-order valence-electron chi connectivity index (χ2n) is 8.31. The molecule has 2 aromatic carbocycles. The third-order valence-electron chi connectivity index (χ3n) is 6.39. The SMILES string of the molecule is COc1ccc2c(c1)CCCN2C(=O)C1CCCN(S(=O)(=O)c2cc(OC)ccc2OC)C1. The number of carbonyl (C=O) groups is 1. The molecule has 1 amide bonds. The molecule has 0 bridgehead atoms. The molecule has 1 fully saturated rings. The smallest absolute Gasteiger partial charge is 0.246 e. The number of methoxy groups -OCH3 is 3. The Morgan fingerprint density at radius 3 is 2.39 bits per heavy atom. The van der Waals surface area contributed by atoms with Gasteiger partial charge < -0.3 is 19.1 Å². The second-order valence-corrected chi connectivity index (χ2v) is 10.2. The van der Waals surface area contributed by atoms with Gasteiger partial charge in [-0.3, -0.25) is 4.79 Å². The molecular formula is C24H30N2O6S. The van der Waals surface area contributed by atoms with Crippen molar-refractivity contribution in [1.82, 2.24) is 4.31 Å². The van der Waals surface area contributed by atoms with Gasteiger partial charge in [0.1, 0.15) is 22.1 Å². The number of fused-ring (bicyclic) bond motifs is 1. The maximum atomic E-state index is 13.5. The average molecular weight is 475 g/mol. The van der Waals surface area contributed by atoms with Crippen LogP contribution in [0.25, 0.3) is 0 Å². The van der Waals surface area contributed by atoms with E-state index in [0.29, 0.717) is 31.7 Å². The highest BCUT2D eigenvalue weighted by atomic mass is 32.2. The Labute approximate surface area is 195 Å². The van der Waals surface area contributed by atoms with Crippen LogP contribution in [0.4, 0.5) is 5.69 Å². The number of hydrogen-bond acceptors (Lipinski definition) is 6. The fraction of sp³-hybridized carbons (Fsp3) is 0.458. The van der Waals surface area contributed by atoms with Crippen LogP contribution < -0.4 is 19.1 Å². The van der Waals surface area contributed by atoms with E-state index in [1.807, 2.05) is 23.1 Å². The molecule has 2 aromatic rings. The van der Waals surface area contributed by atoms with E-state index in [9.17, 15) is 13.2 Å². The number of amides is 1. The van der Waals surface area contributed by atoms with Gasteiger partial charge >= 0.3 is 0 Å². The third-order valence-corrected chi connectivity index (χ3v) is 8.28. The van der Waals surface area contributed by atoms with Gasteiger partial charge in [0.15, 0.2) is 0 Å². The molecule has 8 nitrogen and oxygen atoms in total. The Morgan fingerprint density at radius 1 is 0.939 bits per heavy atom. The van der Waals surface area contributed by atoms with E-state index < -0.39 is 15.9 Å². The number of rotatable bonds is 6. The van der Waals surface area contributed by atoms with Gasteiger partial charge in [0.2, 0.25) is 15.9 Å². The Hall–Kier alpha value is -2.78. The topological polar surface area (TPSA) is 85.4 Å². The summed E-state index contributed by atoms with van der Waals surface area (Å²) in [4.78, 5) is 15.4. The van der Waals surface area contributed by atoms with Gasteiger partial charge in [-0.15, -0.1) is 0 Å². The van der Waals surface area contributed by atoms with Crippen molar-refractivity contribution in [2.24, 2.45) is 5.92 Å². The summed E-state index contributed by atoms with van der Waals surface area (Å²) in [6.07, 6.45) is 3.02. The van der Waals surface area contributed by atoms with Crippen LogP contribution in [0.1, 0.15) is 24.8 Å². The minimum Gasteiger partial charge on any atom is -0.497 e. The van der Waals surface area contributed by atoms with E-state index in [4.69, 9.17) is 14.2 Å². The number of benzene rings is 2. The summed E-state index contributed by atoms with van der Waals surface area (Å²) in [7, 11) is 0.686. The van der Waals surface area contributed by atoms with Gasteiger partial charge in [-0.05, 0) is 61.6 Å². The predicted octanol–water partition coefficient (Wildman–Crippen LogP) is 3.09. The molecule has 1 atom stereocenters. The van der Waals surface area contributed by atoms with Crippen LogP contribution in [0, 0.1) is 5.92 Å². The highest BCUT2D eigenvalue weighted by molar-refractivity contribution is 7.89. The van der Waals surface area contributed by atoms with Crippen molar-refractivity contribution in [3.8, 4) is 17.2 Å². The maximum absolute atomic E-state index is 13.5. The van der Waals surface area contributed by atoms with Crippen LogP contribution in [0.2, 0.25) is 0 Å². The normalized spacial score (nSPS) is 19.0. The Bertz CT molecular complexity index is 1130. The molecule has 33 heavy (non-hydrogen) atoms. The quantitative estimate of drug-likeness (QED) is 0.640. The molecule has 0 saturated carbocycles. The molecule has 1 saturated heterocycles. The van der Waals surface area contributed by atoms with Crippen LogP contribution >= 0.6 is 0 Å². The number of aryl methyl sites for hydroxylation is 1. The molecule has 178 valence electrons. The monoisotopic (exact) mass is 474 g/mol. The molecule has 1 unspecified atom stereocenters. The number of carbonyl (C=O) groups excluding carboxylic acids is 1. The molecule has 2 heterocycles. The Kier molecular flexibility index (Phi) is 6.81. The number of nitrogens with zero attached hydrogens (tertiary/aromatic N) is 2. The lowest BCUT2D eigenvalue weighted by molar-refractivity contribution is -0.123. The Morgan fingerprint density at radius 2 is 1.67 bits per heavy atom. The van der Waals surface area contributed by atoms with Crippen molar-refractivity contribution < 1.29 is 27.4 Å². The predicted molar refractivity (Wildman–Crippen MR) is 125 cm³/mol. The number of piperidine rings is 1. The lowest BCUT2D eigenvalue weighted by Gasteiger charge is -2.36. The first kappa shape index (κ1) is 23.4. The molecule has 0 N–H and O–H groups in total. The molecular weight excluding hydrogens is 444 g/mol. The van der Waals surface area contributed by atoms with E-state index in [1.165, 1.54) is 24.6 Å². The van der Waals surface area contributed by atoms with E-state index >= 15 is 0 Å². The van der Waals surface area contributed by atoms with E-state index in [2.05, 4.69) is 0 Å². The van der Waals surface area contributed by atoms with Crippen molar-refractivity contribution in [3.63, 3.8) is 0 Å². The van der Waals surface area contributed by atoms with Crippen LogP contribution in [-0.4, -0.2) is 59.6 Å². The summed E-state index contributed by atoms with van der Waals surface area (Å²) >= 11 is 0. The summed E-state index contributed by atoms with van der Waals surface area (Å²) in [5, 5.41) is 0. The standard InChI is InChI=1S/C24H30N2O6S/c1-30-19-8-10-21-17(14-19)6-5-13-26(21)24(27)18-7-4-12-25(16-18)33(28,29)23-15-20(31-2)9-11-22(23)32-3/h8-11,14-15,18H,4-7,12-13,16H2,1-3H3. The summed E-state index contributed by atoms with van der Waals surface area (Å²) in [5.74, 6) is 1.02. The van der Waals surface area contributed by atoms with Crippen LogP contribution in [-0.2, 0) is 21.2 Å². The number of sulfonamides is 1. The fourth-order valence-electron chi connectivity index (χ4n) is 4.64.